The number of nitrogens with one attached hydrogen (secondary N) is 1. The van der Waals surface area contributed by atoms with Crippen LogP contribution in [0.15, 0.2) is 0 Å². The van der Waals surface area contributed by atoms with E-state index in [2.05, 4.69) is 0 Å². The van der Waals surface area contributed by atoms with Gasteiger partial charge in [0.05, 0.1) is 6.07 Å². The first-order valence-electron chi connectivity index (χ1n) is 2.89. The third kappa shape index (κ3) is 0.799. The Morgan fingerprint density at radius 3 is 2.36 bits per heavy atom. The lowest BCUT2D eigenvalue weighted by Crippen LogP contribution is -2.25. The molecule has 0 saturated carbocycles. The molecule has 1 heterocycles. The van der Waals surface area contributed by atoms with Crippen molar-refractivity contribution in [2.75, 3.05) is 7.05 Å². The molecule has 1 unspecified atom stereocenters. The van der Waals surface area contributed by atoms with Gasteiger partial charge in [-0.15, -0.1) is 0 Å². The molecule has 0 bridgehead atoms. The SMILES string of the molecule is CN1C(=O)C(=N)C(C#N)C1=O. The Kier molecular flexibility index (Phi) is 1.46. The van der Waals surface area contributed by atoms with Crippen LogP contribution in [0.25, 0.3) is 0 Å². The van der Waals surface area contributed by atoms with Crippen molar-refractivity contribution in [2.45, 2.75) is 0 Å². The van der Waals surface area contributed by atoms with E-state index in [9.17, 15) is 9.59 Å². The summed E-state index contributed by atoms with van der Waals surface area (Å²) in [6, 6.07) is 1.59. The van der Waals surface area contributed by atoms with E-state index in [0.717, 1.165) is 4.90 Å². The van der Waals surface area contributed by atoms with E-state index in [4.69, 9.17) is 10.7 Å². The largest absolute Gasteiger partial charge is 0.298 e. The molecule has 0 aromatic heterocycles. The second-order valence-corrected chi connectivity index (χ2v) is 2.18. The first-order chi connectivity index (χ1) is 5.09. The molecule has 1 fully saturated rings. The highest BCUT2D eigenvalue weighted by Crippen LogP contribution is 2.12. The number of nitriles is 1. The van der Waals surface area contributed by atoms with Crippen LogP contribution in [0.1, 0.15) is 0 Å². The molecule has 1 saturated heterocycles. The summed E-state index contributed by atoms with van der Waals surface area (Å²) < 4.78 is 0. The maximum atomic E-state index is 10.9. The van der Waals surface area contributed by atoms with Crippen LogP contribution in [0.3, 0.4) is 0 Å². The monoisotopic (exact) mass is 151 g/mol. The summed E-state index contributed by atoms with van der Waals surface area (Å²) in [6.45, 7) is 0. The van der Waals surface area contributed by atoms with Gasteiger partial charge in [-0.25, -0.2) is 0 Å². The second-order valence-electron chi connectivity index (χ2n) is 2.18. The highest BCUT2D eigenvalue weighted by atomic mass is 16.2. The van der Waals surface area contributed by atoms with Crippen molar-refractivity contribution >= 4 is 17.5 Å². The summed E-state index contributed by atoms with van der Waals surface area (Å²) in [6.07, 6.45) is 0. The number of hydrogen-bond acceptors (Lipinski definition) is 4. The summed E-state index contributed by atoms with van der Waals surface area (Å²) >= 11 is 0. The zero-order valence-corrected chi connectivity index (χ0v) is 5.79. The van der Waals surface area contributed by atoms with E-state index in [1.165, 1.54) is 7.05 Å². The highest BCUT2D eigenvalue weighted by molar-refractivity contribution is 6.49. The molecule has 5 heteroatoms. The van der Waals surface area contributed by atoms with E-state index in [-0.39, 0.29) is 0 Å². The van der Waals surface area contributed by atoms with Crippen LogP contribution < -0.4 is 0 Å². The number of carbonyl (C=O) groups excluding carboxylic acids is 2. The molecule has 0 spiro atoms. The van der Waals surface area contributed by atoms with Crippen LogP contribution in [0.4, 0.5) is 0 Å². The number of amides is 2. The molecule has 1 rings (SSSR count). The second kappa shape index (κ2) is 2.16. The maximum Gasteiger partial charge on any atom is 0.275 e. The van der Waals surface area contributed by atoms with Crippen LogP contribution in [-0.4, -0.2) is 29.5 Å². The van der Waals surface area contributed by atoms with Crippen LogP contribution in [0, 0.1) is 22.7 Å². The Hall–Kier alpha value is -1.70. The van der Waals surface area contributed by atoms with Crippen molar-refractivity contribution in [3.63, 3.8) is 0 Å². The molecule has 5 nitrogen and oxygen atoms in total. The summed E-state index contributed by atoms with van der Waals surface area (Å²) in [5, 5.41) is 15.4. The number of imide groups is 1. The molecule has 1 aliphatic heterocycles. The Labute approximate surface area is 62.7 Å². The van der Waals surface area contributed by atoms with E-state index < -0.39 is 23.4 Å². The zero-order chi connectivity index (χ0) is 8.59. The molecule has 0 aromatic carbocycles. The summed E-state index contributed by atoms with van der Waals surface area (Å²) in [4.78, 5) is 22.5. The molecule has 1 aliphatic rings. The lowest BCUT2D eigenvalue weighted by molar-refractivity contribution is -0.136. The van der Waals surface area contributed by atoms with Gasteiger partial charge in [0.2, 0.25) is 0 Å². The predicted octanol–water partition coefficient (Wildman–Crippen LogP) is -0.855. The number of nitrogens with zero attached hydrogens (tertiary/aromatic N) is 2. The molecule has 0 aliphatic carbocycles. The van der Waals surface area contributed by atoms with Crippen molar-refractivity contribution in [3.8, 4) is 6.07 Å². The summed E-state index contributed by atoms with van der Waals surface area (Å²) in [7, 11) is 1.26. The minimum atomic E-state index is -1.19. The van der Waals surface area contributed by atoms with Gasteiger partial charge in [-0.3, -0.25) is 19.9 Å². The fourth-order valence-electron chi connectivity index (χ4n) is 0.841. The lowest BCUT2D eigenvalue weighted by atomic mass is 10.1. The number of hydrogen-bond donors (Lipinski definition) is 1. The zero-order valence-electron chi connectivity index (χ0n) is 5.79. The number of carbonyl (C=O) groups is 2. The van der Waals surface area contributed by atoms with E-state index in [0.29, 0.717) is 0 Å². The minimum Gasteiger partial charge on any atom is -0.298 e. The van der Waals surface area contributed by atoms with Gasteiger partial charge in [0, 0.05) is 7.05 Å². The molecule has 0 aromatic rings. The Morgan fingerprint density at radius 2 is 2.18 bits per heavy atom. The predicted molar refractivity (Wildman–Crippen MR) is 34.6 cm³/mol. The lowest BCUT2D eigenvalue weighted by Gasteiger charge is -2.01. The third-order valence-electron chi connectivity index (χ3n) is 1.53. The van der Waals surface area contributed by atoms with Crippen molar-refractivity contribution in [1.29, 1.82) is 10.7 Å². The van der Waals surface area contributed by atoms with Crippen molar-refractivity contribution < 1.29 is 9.59 Å². The molecule has 1 N–H and O–H groups in total. The van der Waals surface area contributed by atoms with Gasteiger partial charge in [-0.2, -0.15) is 5.26 Å². The molecule has 1 atom stereocenters. The van der Waals surface area contributed by atoms with Crippen molar-refractivity contribution in [1.82, 2.24) is 4.90 Å². The third-order valence-corrected chi connectivity index (χ3v) is 1.53. The van der Waals surface area contributed by atoms with Crippen LogP contribution in [-0.2, 0) is 9.59 Å². The Morgan fingerprint density at radius 1 is 1.64 bits per heavy atom. The number of rotatable bonds is 0. The molecule has 0 radical (unpaired) electrons. The van der Waals surface area contributed by atoms with Crippen molar-refractivity contribution in [2.24, 2.45) is 5.92 Å². The normalized spacial score (nSPS) is 24.2. The molecule has 11 heavy (non-hydrogen) atoms. The van der Waals surface area contributed by atoms with Crippen LogP contribution in [0.5, 0.6) is 0 Å². The molecule has 2 amide bonds. The average Bonchev–Trinajstić information content (AvgIpc) is 2.17. The Bertz CT molecular complexity index is 289. The average molecular weight is 151 g/mol. The first kappa shape index (κ1) is 7.41. The van der Waals surface area contributed by atoms with E-state index >= 15 is 0 Å². The molecular weight excluding hydrogens is 146 g/mol. The van der Waals surface area contributed by atoms with Gasteiger partial charge in [-0.05, 0) is 0 Å². The standard InChI is InChI=1S/C6H5N3O2/c1-9-5(10)3(2-7)4(8)6(9)11/h3,8H,1H3. The number of likely N-dealkylation sites (tertiary alicyclic amines) is 1. The van der Waals surface area contributed by atoms with E-state index in [1.807, 2.05) is 0 Å². The topological polar surface area (TPSA) is 85.0 Å². The minimum absolute atomic E-state index is 0.431. The Balaban J connectivity index is 3.07. The van der Waals surface area contributed by atoms with Crippen LogP contribution in [0.2, 0.25) is 0 Å². The van der Waals surface area contributed by atoms with Gasteiger partial charge in [0.15, 0.2) is 5.92 Å². The fourth-order valence-corrected chi connectivity index (χ4v) is 0.841. The van der Waals surface area contributed by atoms with E-state index in [1.54, 1.807) is 6.07 Å². The van der Waals surface area contributed by atoms with Crippen molar-refractivity contribution in [3.05, 3.63) is 0 Å². The van der Waals surface area contributed by atoms with Gasteiger partial charge < -0.3 is 0 Å². The van der Waals surface area contributed by atoms with Gasteiger partial charge in [-0.1, -0.05) is 0 Å². The molecular formula is C6H5N3O2. The first-order valence-corrected chi connectivity index (χ1v) is 2.89. The van der Waals surface area contributed by atoms with Gasteiger partial charge >= 0.3 is 0 Å². The summed E-state index contributed by atoms with van der Waals surface area (Å²) in [5.74, 6) is -2.48. The van der Waals surface area contributed by atoms with Gasteiger partial charge in [0.25, 0.3) is 11.8 Å². The summed E-state index contributed by atoms with van der Waals surface area (Å²) in [5.41, 5.74) is -0.431. The smallest absolute Gasteiger partial charge is 0.275 e. The van der Waals surface area contributed by atoms with Gasteiger partial charge in [0.1, 0.15) is 5.71 Å². The highest BCUT2D eigenvalue weighted by Gasteiger charge is 2.41. The van der Waals surface area contributed by atoms with Crippen LogP contribution >= 0.6 is 0 Å². The quantitative estimate of drug-likeness (QED) is 0.457. The molecule has 56 valence electrons. The fraction of sp³-hybridized carbons (Fsp3) is 0.333. The maximum absolute atomic E-state index is 10.9.